The third-order valence-corrected chi connectivity index (χ3v) is 2.75. The maximum atomic E-state index is 11.7. The van der Waals surface area contributed by atoms with Crippen LogP contribution >= 0.6 is 34.8 Å². The van der Waals surface area contributed by atoms with Gasteiger partial charge in [0.1, 0.15) is 0 Å². The molecule has 1 fully saturated rings. The van der Waals surface area contributed by atoms with Gasteiger partial charge in [-0.2, -0.15) is 0 Å². The molecule has 0 saturated carbocycles. The summed E-state index contributed by atoms with van der Waals surface area (Å²) in [4.78, 5) is 13.3. The second-order valence-electron chi connectivity index (χ2n) is 3.61. The SMILES string of the molecule is CC1CN(C(=O)C(Cl)(Cl)Cl)C(C)CN1. The lowest BCUT2D eigenvalue weighted by atomic mass is 10.1. The number of carbonyl (C=O) groups excluding carboxylic acids is 1. The maximum Gasteiger partial charge on any atom is 0.275 e. The third kappa shape index (κ3) is 2.89. The number of amides is 1. The standard InChI is InChI=1S/C8H13Cl3N2O/c1-5-4-13(6(2)3-12-5)7(14)8(9,10)11/h5-6,12H,3-4H2,1-2H3. The van der Waals surface area contributed by atoms with E-state index in [1.54, 1.807) is 4.90 Å². The van der Waals surface area contributed by atoms with E-state index in [1.165, 1.54) is 0 Å². The number of hydrogen-bond donors (Lipinski definition) is 1. The van der Waals surface area contributed by atoms with Crippen LogP contribution in [0.15, 0.2) is 0 Å². The summed E-state index contributed by atoms with van der Waals surface area (Å²) in [7, 11) is 0. The smallest absolute Gasteiger partial charge is 0.275 e. The zero-order valence-electron chi connectivity index (χ0n) is 8.06. The van der Waals surface area contributed by atoms with E-state index in [2.05, 4.69) is 5.32 Å². The van der Waals surface area contributed by atoms with Crippen molar-refractivity contribution in [2.45, 2.75) is 29.7 Å². The van der Waals surface area contributed by atoms with Gasteiger partial charge in [-0.25, -0.2) is 0 Å². The van der Waals surface area contributed by atoms with E-state index in [0.717, 1.165) is 6.54 Å². The van der Waals surface area contributed by atoms with Gasteiger partial charge in [-0.05, 0) is 13.8 Å². The lowest BCUT2D eigenvalue weighted by Crippen LogP contribution is -2.58. The molecule has 1 heterocycles. The van der Waals surface area contributed by atoms with E-state index in [4.69, 9.17) is 34.8 Å². The Bertz CT molecular complexity index is 229. The molecule has 2 atom stereocenters. The van der Waals surface area contributed by atoms with Crippen LogP contribution in [0.4, 0.5) is 0 Å². The zero-order chi connectivity index (χ0) is 10.9. The molecule has 0 bridgehead atoms. The second-order valence-corrected chi connectivity index (χ2v) is 5.89. The van der Waals surface area contributed by atoms with Gasteiger partial charge in [0.2, 0.25) is 0 Å². The number of alkyl halides is 3. The molecule has 1 amide bonds. The van der Waals surface area contributed by atoms with Crippen molar-refractivity contribution in [2.75, 3.05) is 13.1 Å². The van der Waals surface area contributed by atoms with Gasteiger partial charge < -0.3 is 10.2 Å². The zero-order valence-corrected chi connectivity index (χ0v) is 10.3. The van der Waals surface area contributed by atoms with Crippen molar-refractivity contribution in [3.8, 4) is 0 Å². The number of carbonyl (C=O) groups is 1. The highest BCUT2D eigenvalue weighted by atomic mass is 35.6. The molecule has 1 aliphatic heterocycles. The molecule has 0 aromatic carbocycles. The summed E-state index contributed by atoms with van der Waals surface area (Å²) >= 11 is 16.6. The Balaban J connectivity index is 2.70. The van der Waals surface area contributed by atoms with Gasteiger partial charge in [0.25, 0.3) is 9.70 Å². The number of piperazine rings is 1. The van der Waals surface area contributed by atoms with Crippen molar-refractivity contribution in [2.24, 2.45) is 0 Å². The molecule has 1 N–H and O–H groups in total. The molecule has 0 aromatic heterocycles. The largest absolute Gasteiger partial charge is 0.333 e. The fourth-order valence-electron chi connectivity index (χ4n) is 1.47. The first-order chi connectivity index (χ1) is 6.32. The van der Waals surface area contributed by atoms with Gasteiger partial charge >= 0.3 is 0 Å². The molecule has 1 aliphatic rings. The number of nitrogens with one attached hydrogen (secondary N) is 1. The van der Waals surface area contributed by atoms with Crippen LogP contribution in [-0.2, 0) is 4.79 Å². The average molecular weight is 260 g/mol. The van der Waals surface area contributed by atoms with Gasteiger partial charge in [-0.15, -0.1) is 0 Å². The minimum absolute atomic E-state index is 0.0642. The summed E-state index contributed by atoms with van der Waals surface area (Å²) in [5, 5.41) is 3.24. The summed E-state index contributed by atoms with van der Waals surface area (Å²) in [5.74, 6) is -0.441. The number of hydrogen-bond acceptors (Lipinski definition) is 2. The monoisotopic (exact) mass is 258 g/mol. The second kappa shape index (κ2) is 4.44. The van der Waals surface area contributed by atoms with Gasteiger partial charge in [0.15, 0.2) is 0 Å². The number of halogens is 3. The minimum Gasteiger partial charge on any atom is -0.333 e. The normalized spacial score (nSPS) is 29.1. The molecule has 82 valence electrons. The average Bonchev–Trinajstić information content (AvgIpc) is 2.06. The van der Waals surface area contributed by atoms with Crippen molar-refractivity contribution in [3.63, 3.8) is 0 Å². The Morgan fingerprint density at radius 3 is 2.50 bits per heavy atom. The summed E-state index contributed by atoms with van der Waals surface area (Å²) in [6, 6.07) is 0.303. The molecule has 6 heteroatoms. The van der Waals surface area contributed by atoms with Gasteiger partial charge in [-0.3, -0.25) is 4.79 Å². The number of nitrogens with zero attached hydrogens (tertiary/aromatic N) is 1. The highest BCUT2D eigenvalue weighted by Crippen LogP contribution is 2.29. The van der Waals surface area contributed by atoms with Crippen LogP contribution in [0.25, 0.3) is 0 Å². The molecule has 14 heavy (non-hydrogen) atoms. The topological polar surface area (TPSA) is 32.3 Å². The van der Waals surface area contributed by atoms with Gasteiger partial charge in [0, 0.05) is 25.2 Å². The minimum atomic E-state index is -1.84. The fourth-order valence-corrected chi connectivity index (χ4v) is 1.79. The van der Waals surface area contributed by atoms with Gasteiger partial charge in [0.05, 0.1) is 0 Å². The number of rotatable bonds is 0. The molecule has 0 aromatic rings. The van der Waals surface area contributed by atoms with Crippen LogP contribution in [0, 0.1) is 0 Å². The Kier molecular flexibility index (Phi) is 3.92. The Labute approximate surface area is 98.7 Å². The predicted octanol–water partition coefficient (Wildman–Crippen LogP) is 1.57. The van der Waals surface area contributed by atoms with E-state index in [9.17, 15) is 4.79 Å². The Morgan fingerprint density at radius 1 is 1.43 bits per heavy atom. The highest BCUT2D eigenvalue weighted by molar-refractivity contribution is 6.76. The summed E-state index contributed by atoms with van der Waals surface area (Å²) in [6.07, 6.45) is 0. The van der Waals surface area contributed by atoms with Crippen molar-refractivity contribution in [3.05, 3.63) is 0 Å². The molecule has 1 rings (SSSR count). The Morgan fingerprint density at radius 2 is 2.00 bits per heavy atom. The first-order valence-electron chi connectivity index (χ1n) is 4.43. The van der Waals surface area contributed by atoms with Crippen molar-refractivity contribution in [1.29, 1.82) is 0 Å². The van der Waals surface area contributed by atoms with E-state index in [0.29, 0.717) is 6.54 Å². The lowest BCUT2D eigenvalue weighted by Gasteiger charge is -2.38. The third-order valence-electron chi connectivity index (χ3n) is 2.27. The van der Waals surface area contributed by atoms with Crippen molar-refractivity contribution < 1.29 is 4.79 Å². The van der Waals surface area contributed by atoms with Crippen molar-refractivity contribution in [1.82, 2.24) is 10.2 Å². The predicted molar refractivity (Wildman–Crippen MR) is 58.9 cm³/mol. The van der Waals surface area contributed by atoms with Crippen LogP contribution in [0.3, 0.4) is 0 Å². The van der Waals surface area contributed by atoms with E-state index < -0.39 is 9.70 Å². The summed E-state index contributed by atoms with van der Waals surface area (Å²) in [5.41, 5.74) is 0. The van der Waals surface area contributed by atoms with E-state index in [1.807, 2.05) is 13.8 Å². The first-order valence-corrected chi connectivity index (χ1v) is 5.57. The van der Waals surface area contributed by atoms with Crippen molar-refractivity contribution >= 4 is 40.7 Å². The van der Waals surface area contributed by atoms with Gasteiger partial charge in [-0.1, -0.05) is 34.8 Å². The Hall–Kier alpha value is 0.300. The van der Waals surface area contributed by atoms with E-state index in [-0.39, 0.29) is 12.1 Å². The van der Waals surface area contributed by atoms with E-state index >= 15 is 0 Å². The molecule has 0 spiro atoms. The molecular weight excluding hydrogens is 246 g/mol. The highest BCUT2D eigenvalue weighted by Gasteiger charge is 2.38. The molecule has 0 aliphatic carbocycles. The molecule has 1 saturated heterocycles. The molecular formula is C8H13Cl3N2O. The van der Waals surface area contributed by atoms with Crippen LogP contribution in [-0.4, -0.2) is 39.8 Å². The molecule has 2 unspecified atom stereocenters. The fraction of sp³-hybridized carbons (Fsp3) is 0.875. The van der Waals surface area contributed by atoms with Crippen LogP contribution in [0.2, 0.25) is 0 Å². The van der Waals surface area contributed by atoms with Crippen LogP contribution in [0.1, 0.15) is 13.8 Å². The molecule has 0 radical (unpaired) electrons. The van der Waals surface area contributed by atoms with Crippen LogP contribution < -0.4 is 5.32 Å². The first kappa shape index (κ1) is 12.4. The quantitative estimate of drug-likeness (QED) is 0.670. The van der Waals surface area contributed by atoms with Crippen LogP contribution in [0.5, 0.6) is 0 Å². The summed E-state index contributed by atoms with van der Waals surface area (Å²) in [6.45, 7) is 5.22. The summed E-state index contributed by atoms with van der Waals surface area (Å²) < 4.78 is -1.84. The maximum absolute atomic E-state index is 11.7. The molecule has 3 nitrogen and oxygen atoms in total. The lowest BCUT2D eigenvalue weighted by molar-refractivity contribution is -0.133.